The minimum atomic E-state index is -4.67. The molecule has 0 radical (unpaired) electrons. The van der Waals surface area contributed by atoms with Gasteiger partial charge in [-0.05, 0) is 12.8 Å². The van der Waals surface area contributed by atoms with E-state index in [0.29, 0.717) is 0 Å². The zero-order chi connectivity index (χ0) is 24.2. The van der Waals surface area contributed by atoms with Crippen molar-refractivity contribution in [1.82, 2.24) is 0 Å². The average Bonchev–Trinajstić information content (AvgIpc) is 2.73. The van der Waals surface area contributed by atoms with Gasteiger partial charge < -0.3 is 4.74 Å². The van der Waals surface area contributed by atoms with E-state index in [-0.39, 0.29) is 29.6 Å². The number of rotatable bonds is 24. The summed E-state index contributed by atoms with van der Waals surface area (Å²) in [6, 6.07) is 0. The molecule has 0 bridgehead atoms. The third kappa shape index (κ3) is 50.6. The van der Waals surface area contributed by atoms with Gasteiger partial charge in [-0.25, -0.2) is 0 Å². The van der Waals surface area contributed by atoms with Crippen molar-refractivity contribution in [2.75, 3.05) is 13.2 Å². The second-order valence-electron chi connectivity index (χ2n) is 9.13. The Morgan fingerprint density at radius 3 is 0.848 bits per heavy atom. The first-order valence-electron chi connectivity index (χ1n) is 13.7. The Balaban J connectivity index is -0.00000134. The van der Waals surface area contributed by atoms with Gasteiger partial charge >= 0.3 is 40.0 Å². The third-order valence-electron chi connectivity index (χ3n) is 5.78. The molecule has 7 heteroatoms. The van der Waals surface area contributed by atoms with Gasteiger partial charge in [-0.1, -0.05) is 142 Å². The first-order chi connectivity index (χ1) is 15.4. The number of hydrogen-bond donors (Lipinski definition) is 2. The Bertz CT molecular complexity index is 400. The molecule has 0 heterocycles. The molecule has 33 heavy (non-hydrogen) atoms. The Labute approximate surface area is 229 Å². The molecule has 0 aliphatic rings. The molecular weight excluding hydrogens is 447 g/mol. The molecule has 0 unspecified atom stereocenters. The Morgan fingerprint density at radius 2 is 0.636 bits per heavy atom. The first-order valence-corrected chi connectivity index (χ1v) is 15.1. The van der Waals surface area contributed by atoms with Crippen LogP contribution in [0.5, 0.6) is 0 Å². The van der Waals surface area contributed by atoms with Gasteiger partial charge in [0.25, 0.3) is 0 Å². The van der Waals surface area contributed by atoms with Crippen LogP contribution in [0.3, 0.4) is 0 Å². The van der Waals surface area contributed by atoms with Crippen molar-refractivity contribution < 1.29 is 22.3 Å². The van der Waals surface area contributed by atoms with E-state index in [1.54, 1.807) is 0 Å². The maximum atomic E-state index is 8.74. The van der Waals surface area contributed by atoms with E-state index < -0.39 is 10.4 Å². The first kappa shape index (κ1) is 38.4. The predicted molar refractivity (Wildman–Crippen MR) is 145 cm³/mol. The van der Waals surface area contributed by atoms with Crippen LogP contribution >= 0.6 is 0 Å². The van der Waals surface area contributed by atoms with E-state index in [2.05, 4.69) is 13.8 Å². The summed E-state index contributed by atoms with van der Waals surface area (Å²) in [6.45, 7) is 6.58. The summed E-state index contributed by atoms with van der Waals surface area (Å²) >= 11 is 0. The summed E-state index contributed by atoms with van der Waals surface area (Å²) in [5.74, 6) is 0. The number of hydrogen-bond acceptors (Lipinski definition) is 3. The molecule has 0 spiro atoms. The number of ether oxygens (including phenoxy) is 1. The fraction of sp³-hybridized carbons (Fsp3) is 1.00. The van der Waals surface area contributed by atoms with Crippen molar-refractivity contribution in [3.05, 3.63) is 0 Å². The Kier molecular flexibility index (Phi) is 38.2. The molecule has 0 aromatic rings. The van der Waals surface area contributed by atoms with E-state index in [9.17, 15) is 0 Å². The third-order valence-corrected chi connectivity index (χ3v) is 5.78. The summed E-state index contributed by atoms with van der Waals surface area (Å²) in [5, 5.41) is 0. The van der Waals surface area contributed by atoms with Gasteiger partial charge in [0.05, 0.1) is 0 Å². The van der Waals surface area contributed by atoms with E-state index in [1.165, 1.54) is 141 Å². The van der Waals surface area contributed by atoms with E-state index in [4.69, 9.17) is 22.3 Å². The quantitative estimate of drug-likeness (QED) is 0.0784. The molecule has 0 aliphatic heterocycles. The van der Waals surface area contributed by atoms with Crippen LogP contribution in [0.1, 0.15) is 155 Å². The molecular formula is C26H57NaO5S. The number of unbranched alkanes of at least 4 members (excludes halogenated alkanes) is 20. The van der Waals surface area contributed by atoms with Crippen molar-refractivity contribution in [2.24, 2.45) is 0 Å². The fourth-order valence-corrected chi connectivity index (χ4v) is 3.84. The second-order valence-corrected chi connectivity index (χ2v) is 10.0. The van der Waals surface area contributed by atoms with Gasteiger partial charge in [-0.3, -0.25) is 9.11 Å². The summed E-state index contributed by atoms with van der Waals surface area (Å²) < 4.78 is 37.4. The molecule has 0 aromatic carbocycles. The Hall–Kier alpha value is 0.830. The van der Waals surface area contributed by atoms with Crippen LogP contribution < -0.4 is 0 Å². The van der Waals surface area contributed by atoms with Crippen LogP contribution in [0, 0.1) is 0 Å². The predicted octanol–water partition coefficient (Wildman–Crippen LogP) is 8.32. The molecule has 0 amide bonds. The van der Waals surface area contributed by atoms with Crippen LogP contribution in [0.25, 0.3) is 0 Å². The van der Waals surface area contributed by atoms with Crippen LogP contribution in [0.15, 0.2) is 0 Å². The van der Waals surface area contributed by atoms with Crippen molar-refractivity contribution >= 4 is 40.0 Å². The zero-order valence-corrected chi connectivity index (χ0v) is 22.3. The van der Waals surface area contributed by atoms with Crippen molar-refractivity contribution in [3.63, 3.8) is 0 Å². The van der Waals surface area contributed by atoms with Crippen LogP contribution in [0.2, 0.25) is 0 Å². The average molecular weight is 505 g/mol. The van der Waals surface area contributed by atoms with E-state index in [1.807, 2.05) is 0 Å². The van der Waals surface area contributed by atoms with Crippen LogP contribution in [-0.2, 0) is 15.1 Å². The normalized spacial score (nSPS) is 11.0. The van der Waals surface area contributed by atoms with Gasteiger partial charge in [0.2, 0.25) is 0 Å². The zero-order valence-electron chi connectivity index (χ0n) is 21.5. The fourth-order valence-electron chi connectivity index (χ4n) is 3.84. The topological polar surface area (TPSA) is 83.8 Å². The molecule has 0 saturated heterocycles. The molecule has 198 valence electrons. The molecule has 0 aromatic heterocycles. The molecule has 0 rings (SSSR count). The monoisotopic (exact) mass is 504 g/mol. The van der Waals surface area contributed by atoms with Gasteiger partial charge in [0.15, 0.2) is 0 Å². The second kappa shape index (κ2) is 32.8. The van der Waals surface area contributed by atoms with Gasteiger partial charge in [-0.15, -0.1) is 0 Å². The van der Waals surface area contributed by atoms with Gasteiger partial charge in [-0.2, -0.15) is 8.42 Å². The molecule has 2 N–H and O–H groups in total. The molecule has 0 atom stereocenters. The summed E-state index contributed by atoms with van der Waals surface area (Å²) in [5.41, 5.74) is 0. The Morgan fingerprint density at radius 1 is 0.455 bits per heavy atom. The van der Waals surface area contributed by atoms with Crippen LogP contribution in [-0.4, -0.2) is 60.3 Å². The summed E-state index contributed by atoms with van der Waals surface area (Å²) in [4.78, 5) is 0. The summed E-state index contributed by atoms with van der Waals surface area (Å²) in [6.07, 6.45) is 31.1. The van der Waals surface area contributed by atoms with E-state index >= 15 is 0 Å². The summed E-state index contributed by atoms with van der Waals surface area (Å²) in [7, 11) is -4.67. The molecule has 5 nitrogen and oxygen atoms in total. The SMILES string of the molecule is CCCCCCCCCCCCCCOCCCCCCCCCCCC.O=S(=O)(O)O.[NaH]. The molecule has 0 aliphatic carbocycles. The minimum absolute atomic E-state index is 0. The van der Waals surface area contributed by atoms with Crippen molar-refractivity contribution in [1.29, 1.82) is 0 Å². The standard InChI is InChI=1S/C26H54O.Na.H2O4S.H/c1-3-5-7-9-11-13-15-16-18-20-22-24-26-27-25-23-21-19-17-14-12-10-8-6-4-2;;1-5(2,3)4;/h3-26H2,1-2H3;;(H2,1,2,3,4);. The molecule has 0 fully saturated rings. The van der Waals surface area contributed by atoms with Crippen molar-refractivity contribution in [3.8, 4) is 0 Å². The van der Waals surface area contributed by atoms with Crippen LogP contribution in [0.4, 0.5) is 0 Å². The van der Waals surface area contributed by atoms with Gasteiger partial charge in [0.1, 0.15) is 0 Å². The maximum absolute atomic E-state index is 8.74. The van der Waals surface area contributed by atoms with Crippen molar-refractivity contribution in [2.45, 2.75) is 155 Å². The molecule has 0 saturated carbocycles. The van der Waals surface area contributed by atoms with E-state index in [0.717, 1.165) is 13.2 Å². The van der Waals surface area contributed by atoms with Gasteiger partial charge in [0, 0.05) is 13.2 Å².